The maximum Gasteiger partial charge on any atom is 0.377 e. The third kappa shape index (κ3) is 6.26. The monoisotopic (exact) mass is 394 g/mol. The van der Waals surface area contributed by atoms with Crippen LogP contribution in [0.25, 0.3) is 0 Å². The van der Waals surface area contributed by atoms with E-state index < -0.39 is 35.7 Å². The van der Waals surface area contributed by atoms with Gasteiger partial charge in [-0.3, -0.25) is 9.59 Å². The van der Waals surface area contributed by atoms with Crippen LogP contribution in [0.15, 0.2) is 36.3 Å². The van der Waals surface area contributed by atoms with Crippen LogP contribution >= 0.6 is 0 Å². The first kappa shape index (κ1) is 21.2. The number of amides is 2. The summed E-state index contributed by atoms with van der Waals surface area (Å²) < 4.78 is 28.0. The van der Waals surface area contributed by atoms with Gasteiger partial charge < -0.3 is 24.4 Å². The van der Waals surface area contributed by atoms with E-state index in [-0.39, 0.29) is 18.9 Å². The molecule has 0 spiro atoms. The van der Waals surface area contributed by atoms with Gasteiger partial charge in [0.15, 0.2) is 6.61 Å². The topological polar surface area (TPSA) is 94.2 Å². The Morgan fingerprint density at radius 3 is 2.43 bits per heavy atom. The van der Waals surface area contributed by atoms with Gasteiger partial charge in [0.1, 0.15) is 31.8 Å². The van der Waals surface area contributed by atoms with Crippen molar-refractivity contribution in [2.45, 2.75) is 26.3 Å². The van der Waals surface area contributed by atoms with E-state index in [1.807, 2.05) is 0 Å². The van der Waals surface area contributed by atoms with E-state index >= 15 is 0 Å². The van der Waals surface area contributed by atoms with E-state index in [9.17, 15) is 18.8 Å². The highest BCUT2D eigenvalue weighted by molar-refractivity contribution is 5.95. The smallest absolute Gasteiger partial charge is 0.377 e. The molecule has 1 heterocycles. The number of benzene rings is 1. The molecule has 0 atom stereocenters. The second kappa shape index (κ2) is 9.20. The summed E-state index contributed by atoms with van der Waals surface area (Å²) in [5, 5.41) is 2.59. The van der Waals surface area contributed by atoms with Gasteiger partial charge in [0.25, 0.3) is 5.91 Å². The summed E-state index contributed by atoms with van der Waals surface area (Å²) >= 11 is 0. The first-order valence-electron chi connectivity index (χ1n) is 8.64. The van der Waals surface area contributed by atoms with Crippen molar-refractivity contribution in [3.63, 3.8) is 0 Å². The molecule has 1 aromatic carbocycles. The third-order valence-electron chi connectivity index (χ3n) is 3.72. The molecule has 152 valence electrons. The molecule has 9 heteroatoms. The van der Waals surface area contributed by atoms with E-state index in [0.717, 1.165) is 6.26 Å². The average molecular weight is 394 g/mol. The van der Waals surface area contributed by atoms with Gasteiger partial charge in [-0.1, -0.05) is 0 Å². The van der Waals surface area contributed by atoms with E-state index in [0.29, 0.717) is 12.3 Å². The minimum Gasteiger partial charge on any atom is -0.493 e. The predicted molar refractivity (Wildman–Crippen MR) is 97.4 cm³/mol. The van der Waals surface area contributed by atoms with Crippen molar-refractivity contribution in [1.29, 1.82) is 0 Å². The first-order valence-corrected chi connectivity index (χ1v) is 8.64. The molecule has 0 fully saturated rings. The summed E-state index contributed by atoms with van der Waals surface area (Å²) in [7, 11) is 0. The molecule has 2 amide bonds. The van der Waals surface area contributed by atoms with Gasteiger partial charge in [0.05, 0.1) is 0 Å². The minimum atomic E-state index is -0.822. The van der Waals surface area contributed by atoms with Crippen LogP contribution in [-0.2, 0) is 28.6 Å². The molecule has 0 aliphatic carbocycles. The maximum atomic E-state index is 13.0. The number of hydrogen-bond acceptors (Lipinski definition) is 6. The zero-order valence-corrected chi connectivity index (χ0v) is 16.0. The molecule has 0 aromatic heterocycles. The molecular formula is C19H23FN2O6. The second-order valence-electron chi connectivity index (χ2n) is 6.98. The number of esters is 1. The quantitative estimate of drug-likeness (QED) is 0.740. The summed E-state index contributed by atoms with van der Waals surface area (Å²) in [4.78, 5) is 38.0. The van der Waals surface area contributed by atoms with Crippen molar-refractivity contribution in [2.24, 2.45) is 0 Å². The van der Waals surface area contributed by atoms with E-state index in [1.54, 1.807) is 20.8 Å². The van der Waals surface area contributed by atoms with E-state index in [2.05, 4.69) is 5.32 Å². The lowest BCUT2D eigenvalue weighted by molar-refractivity contribution is -0.155. The van der Waals surface area contributed by atoms with Gasteiger partial charge in [-0.2, -0.15) is 0 Å². The maximum absolute atomic E-state index is 13.0. The van der Waals surface area contributed by atoms with Crippen LogP contribution in [0.2, 0.25) is 0 Å². The molecule has 2 rings (SSSR count). The number of halogens is 1. The lowest BCUT2D eigenvalue weighted by atomic mass is 10.1. The third-order valence-corrected chi connectivity index (χ3v) is 3.72. The molecule has 1 aliphatic heterocycles. The Morgan fingerprint density at radius 2 is 1.86 bits per heavy atom. The molecule has 0 radical (unpaired) electrons. The van der Waals surface area contributed by atoms with E-state index in [4.69, 9.17) is 14.2 Å². The highest BCUT2D eigenvalue weighted by Crippen LogP contribution is 2.15. The number of rotatable bonds is 6. The standard InChI is InChI=1S/C19H23FN2O6/c1-19(2,3)22(10-16(23)21-14-6-4-13(20)5-7-14)17(24)12-28-18(25)15-11-26-8-9-27-15/h4-7,11H,8-10,12H2,1-3H3,(H,21,23). The van der Waals surface area contributed by atoms with Crippen molar-refractivity contribution in [3.8, 4) is 0 Å². The molecule has 0 unspecified atom stereocenters. The summed E-state index contributed by atoms with van der Waals surface area (Å²) in [5.41, 5.74) is -0.298. The molecule has 1 aromatic rings. The highest BCUT2D eigenvalue weighted by atomic mass is 19.1. The summed E-state index contributed by atoms with van der Waals surface area (Å²) in [6.07, 6.45) is 1.13. The van der Waals surface area contributed by atoms with Crippen LogP contribution in [0.5, 0.6) is 0 Å². The first-order chi connectivity index (χ1) is 13.2. The Hall–Kier alpha value is -3.10. The zero-order chi connectivity index (χ0) is 20.7. The van der Waals surface area contributed by atoms with Crippen molar-refractivity contribution < 1.29 is 33.0 Å². The number of ether oxygens (including phenoxy) is 3. The number of nitrogens with zero attached hydrogens (tertiary/aromatic N) is 1. The molecule has 1 N–H and O–H groups in total. The lowest BCUT2D eigenvalue weighted by Gasteiger charge is -2.35. The number of nitrogens with one attached hydrogen (secondary N) is 1. The Morgan fingerprint density at radius 1 is 1.18 bits per heavy atom. The predicted octanol–water partition coefficient (Wildman–Crippen LogP) is 1.82. The van der Waals surface area contributed by atoms with Crippen LogP contribution in [0.3, 0.4) is 0 Å². The van der Waals surface area contributed by atoms with Crippen LogP contribution in [0, 0.1) is 5.82 Å². The van der Waals surface area contributed by atoms with Crippen LogP contribution in [0.4, 0.5) is 10.1 Å². The summed E-state index contributed by atoms with van der Waals surface area (Å²) in [5.74, 6) is -2.37. The van der Waals surface area contributed by atoms with Gasteiger partial charge in [-0.05, 0) is 45.0 Å². The normalized spacial score (nSPS) is 13.5. The van der Waals surface area contributed by atoms with Gasteiger partial charge in [-0.25, -0.2) is 9.18 Å². The Kier molecular flexibility index (Phi) is 6.97. The molecule has 0 bridgehead atoms. The summed E-state index contributed by atoms with van der Waals surface area (Å²) in [6, 6.07) is 5.26. The van der Waals surface area contributed by atoms with Crippen molar-refractivity contribution in [1.82, 2.24) is 4.90 Å². The summed E-state index contributed by atoms with van der Waals surface area (Å²) in [6.45, 7) is 4.97. The SMILES string of the molecule is CC(C)(C)N(CC(=O)Nc1ccc(F)cc1)C(=O)COC(=O)C1=COCCO1. The second-order valence-corrected chi connectivity index (χ2v) is 6.98. The number of carbonyl (C=O) groups excluding carboxylic acids is 3. The fourth-order valence-corrected chi connectivity index (χ4v) is 2.33. The minimum absolute atomic E-state index is 0.115. The number of anilines is 1. The fraction of sp³-hybridized carbons (Fsp3) is 0.421. The molecule has 8 nitrogen and oxygen atoms in total. The van der Waals surface area contributed by atoms with Gasteiger partial charge in [0, 0.05) is 11.2 Å². The highest BCUT2D eigenvalue weighted by Gasteiger charge is 2.30. The number of carbonyl (C=O) groups is 3. The average Bonchev–Trinajstić information content (AvgIpc) is 2.65. The Balaban J connectivity index is 1.95. The van der Waals surface area contributed by atoms with Crippen LogP contribution in [0.1, 0.15) is 20.8 Å². The van der Waals surface area contributed by atoms with Crippen LogP contribution in [-0.4, -0.2) is 54.6 Å². The molecule has 0 saturated carbocycles. The van der Waals surface area contributed by atoms with Crippen molar-refractivity contribution in [2.75, 3.05) is 31.7 Å². The van der Waals surface area contributed by atoms with Crippen molar-refractivity contribution in [3.05, 3.63) is 42.1 Å². The fourth-order valence-electron chi connectivity index (χ4n) is 2.33. The molecule has 0 saturated heterocycles. The molecule has 1 aliphatic rings. The molecule has 28 heavy (non-hydrogen) atoms. The Bertz CT molecular complexity index is 755. The zero-order valence-electron chi connectivity index (χ0n) is 16.0. The Labute approximate surface area is 162 Å². The largest absolute Gasteiger partial charge is 0.493 e. The van der Waals surface area contributed by atoms with Gasteiger partial charge in [0.2, 0.25) is 11.7 Å². The van der Waals surface area contributed by atoms with Gasteiger partial charge in [-0.15, -0.1) is 0 Å². The van der Waals surface area contributed by atoms with E-state index in [1.165, 1.54) is 29.2 Å². The molecular weight excluding hydrogens is 371 g/mol. The lowest BCUT2D eigenvalue weighted by Crippen LogP contribution is -2.50. The van der Waals surface area contributed by atoms with Crippen LogP contribution < -0.4 is 5.32 Å². The van der Waals surface area contributed by atoms with Gasteiger partial charge >= 0.3 is 5.97 Å². The van der Waals surface area contributed by atoms with Crippen molar-refractivity contribution >= 4 is 23.5 Å². The number of hydrogen-bond donors (Lipinski definition) is 1.